The summed E-state index contributed by atoms with van der Waals surface area (Å²) in [6.07, 6.45) is 1.09. The molecule has 2 rings (SSSR count). The van der Waals surface area contributed by atoms with Crippen molar-refractivity contribution in [3.63, 3.8) is 0 Å². The molecule has 5 heteroatoms. The van der Waals surface area contributed by atoms with E-state index in [1.165, 1.54) is 0 Å². The topological polar surface area (TPSA) is 39.7 Å². The quantitative estimate of drug-likeness (QED) is 0.779. The molecule has 0 heterocycles. The lowest BCUT2D eigenvalue weighted by atomic mass is 9.85. The number of ether oxygens (including phenoxy) is 3. The Morgan fingerprint density at radius 1 is 1.26 bits per heavy atom. The van der Waals surface area contributed by atoms with Crippen molar-refractivity contribution in [2.24, 2.45) is 0 Å². The second kappa shape index (κ2) is 7.10. The van der Waals surface area contributed by atoms with Crippen LogP contribution < -0.4 is 10.1 Å². The Morgan fingerprint density at radius 3 is 2.63 bits per heavy atom. The molecule has 1 fully saturated rings. The fraction of sp³-hybridized carbons (Fsp3) is 0.571. The van der Waals surface area contributed by atoms with Gasteiger partial charge in [0.15, 0.2) is 0 Å². The first kappa shape index (κ1) is 14.6. The van der Waals surface area contributed by atoms with Crippen LogP contribution in [-0.4, -0.2) is 45.6 Å². The van der Waals surface area contributed by atoms with Gasteiger partial charge in [0, 0.05) is 24.6 Å². The molecule has 1 aromatic rings. The maximum Gasteiger partial charge on any atom is 0.128 e. The molecule has 1 saturated carbocycles. The molecular weight excluding hydrogens is 266 g/mol. The number of likely N-dealkylation sites (N-methyl/N-ethyl adjacent to an activating group) is 1. The van der Waals surface area contributed by atoms with E-state index in [1.54, 1.807) is 7.11 Å². The predicted molar refractivity (Wildman–Crippen MR) is 74.9 cm³/mol. The Bertz CT molecular complexity index is 385. The minimum atomic E-state index is 0.0656. The third kappa shape index (κ3) is 3.83. The van der Waals surface area contributed by atoms with Gasteiger partial charge in [0.25, 0.3) is 0 Å². The van der Waals surface area contributed by atoms with E-state index in [2.05, 4.69) is 5.32 Å². The van der Waals surface area contributed by atoms with Gasteiger partial charge < -0.3 is 19.5 Å². The molecule has 0 aliphatic heterocycles. The van der Waals surface area contributed by atoms with Gasteiger partial charge in [-0.1, -0.05) is 11.6 Å². The van der Waals surface area contributed by atoms with E-state index in [0.717, 1.165) is 12.2 Å². The van der Waals surface area contributed by atoms with Crippen LogP contribution in [0, 0.1) is 0 Å². The smallest absolute Gasteiger partial charge is 0.128 e. The Labute approximate surface area is 119 Å². The zero-order chi connectivity index (χ0) is 13.7. The summed E-state index contributed by atoms with van der Waals surface area (Å²) in [7, 11) is 3.61. The lowest BCUT2D eigenvalue weighted by Gasteiger charge is -2.43. The van der Waals surface area contributed by atoms with Crippen molar-refractivity contribution in [2.75, 3.05) is 27.4 Å². The lowest BCUT2D eigenvalue weighted by Crippen LogP contribution is -2.60. The predicted octanol–water partition coefficient (Wildman–Crippen LogP) is 2.11. The van der Waals surface area contributed by atoms with Gasteiger partial charge in [0.2, 0.25) is 0 Å². The molecule has 19 heavy (non-hydrogen) atoms. The summed E-state index contributed by atoms with van der Waals surface area (Å²) >= 11 is 5.85. The highest BCUT2D eigenvalue weighted by Gasteiger charge is 2.43. The molecule has 0 saturated heterocycles. The molecule has 0 spiro atoms. The molecule has 1 aliphatic rings. The minimum absolute atomic E-state index is 0.0656. The number of benzene rings is 1. The number of nitrogens with one attached hydrogen (secondary N) is 1. The highest BCUT2D eigenvalue weighted by molar-refractivity contribution is 6.30. The van der Waals surface area contributed by atoms with E-state index in [9.17, 15) is 0 Å². The van der Waals surface area contributed by atoms with Gasteiger partial charge in [0.1, 0.15) is 18.0 Å². The van der Waals surface area contributed by atoms with Gasteiger partial charge in [-0.25, -0.2) is 0 Å². The van der Waals surface area contributed by atoms with Crippen LogP contribution in [0.5, 0.6) is 5.75 Å². The van der Waals surface area contributed by atoms with Crippen molar-refractivity contribution in [3.05, 3.63) is 29.3 Å². The summed E-state index contributed by atoms with van der Waals surface area (Å²) in [6, 6.07) is 7.74. The summed E-state index contributed by atoms with van der Waals surface area (Å²) < 4.78 is 16.7. The summed E-state index contributed by atoms with van der Waals surface area (Å²) in [4.78, 5) is 0. The molecule has 1 aromatic carbocycles. The SMILES string of the molecule is CNC1CC(Oc2ccc(Cl)cc2)C1OCCOC. The van der Waals surface area contributed by atoms with Gasteiger partial charge >= 0.3 is 0 Å². The van der Waals surface area contributed by atoms with E-state index >= 15 is 0 Å². The summed E-state index contributed by atoms with van der Waals surface area (Å²) in [6.45, 7) is 1.18. The first-order valence-corrected chi connectivity index (χ1v) is 6.82. The highest BCUT2D eigenvalue weighted by atomic mass is 35.5. The van der Waals surface area contributed by atoms with E-state index < -0.39 is 0 Å². The van der Waals surface area contributed by atoms with Gasteiger partial charge in [-0.15, -0.1) is 0 Å². The number of hydrogen-bond acceptors (Lipinski definition) is 4. The lowest BCUT2D eigenvalue weighted by molar-refractivity contribution is -0.114. The van der Waals surface area contributed by atoms with Crippen LogP contribution in [0.4, 0.5) is 0 Å². The first-order chi connectivity index (χ1) is 9.24. The number of methoxy groups -OCH3 is 1. The molecule has 0 bridgehead atoms. The van der Waals surface area contributed by atoms with Crippen LogP contribution in [0.25, 0.3) is 0 Å². The van der Waals surface area contributed by atoms with Gasteiger partial charge in [0.05, 0.1) is 13.2 Å². The highest BCUT2D eigenvalue weighted by Crippen LogP contribution is 2.29. The molecule has 0 aromatic heterocycles. The zero-order valence-electron chi connectivity index (χ0n) is 11.3. The van der Waals surface area contributed by atoms with Crippen LogP contribution in [0.3, 0.4) is 0 Å². The van der Waals surface area contributed by atoms with Crippen LogP contribution in [-0.2, 0) is 9.47 Å². The average Bonchev–Trinajstić information content (AvgIpc) is 2.41. The second-order valence-electron chi connectivity index (χ2n) is 4.57. The molecule has 3 atom stereocenters. The molecule has 0 radical (unpaired) electrons. The van der Waals surface area contributed by atoms with Gasteiger partial charge in [-0.05, 0) is 31.3 Å². The molecular formula is C14H20ClNO3. The Balaban J connectivity index is 1.86. The molecule has 0 amide bonds. The van der Waals surface area contributed by atoms with Gasteiger partial charge in [-0.3, -0.25) is 0 Å². The van der Waals surface area contributed by atoms with Crippen molar-refractivity contribution in [1.29, 1.82) is 0 Å². The molecule has 3 unspecified atom stereocenters. The van der Waals surface area contributed by atoms with Crippen LogP contribution >= 0.6 is 11.6 Å². The van der Waals surface area contributed by atoms with Crippen LogP contribution in [0.1, 0.15) is 6.42 Å². The van der Waals surface area contributed by atoms with E-state index in [1.807, 2.05) is 31.3 Å². The minimum Gasteiger partial charge on any atom is -0.488 e. The fourth-order valence-corrected chi connectivity index (χ4v) is 2.28. The largest absolute Gasteiger partial charge is 0.488 e. The zero-order valence-corrected chi connectivity index (χ0v) is 12.0. The van der Waals surface area contributed by atoms with Crippen molar-refractivity contribution in [1.82, 2.24) is 5.32 Å². The maximum atomic E-state index is 5.92. The number of halogens is 1. The third-order valence-electron chi connectivity index (χ3n) is 3.32. The van der Waals surface area contributed by atoms with Crippen molar-refractivity contribution >= 4 is 11.6 Å². The molecule has 106 valence electrons. The second-order valence-corrected chi connectivity index (χ2v) is 5.01. The van der Waals surface area contributed by atoms with Crippen LogP contribution in [0.15, 0.2) is 24.3 Å². The standard InChI is InChI=1S/C14H20ClNO3/c1-16-12-9-13(14(12)18-8-7-17-2)19-11-5-3-10(15)4-6-11/h3-6,12-14,16H,7-9H2,1-2H3. The number of hydrogen-bond donors (Lipinski definition) is 1. The van der Waals surface area contributed by atoms with Gasteiger partial charge in [-0.2, -0.15) is 0 Å². The molecule has 1 aliphatic carbocycles. The van der Waals surface area contributed by atoms with Crippen molar-refractivity contribution in [2.45, 2.75) is 24.7 Å². The third-order valence-corrected chi connectivity index (χ3v) is 3.57. The fourth-order valence-electron chi connectivity index (χ4n) is 2.16. The summed E-state index contributed by atoms with van der Waals surface area (Å²) in [5.74, 6) is 0.823. The van der Waals surface area contributed by atoms with E-state index in [4.69, 9.17) is 25.8 Å². The summed E-state index contributed by atoms with van der Waals surface area (Å²) in [5.41, 5.74) is 0. The van der Waals surface area contributed by atoms with E-state index in [0.29, 0.717) is 24.3 Å². The van der Waals surface area contributed by atoms with Crippen molar-refractivity contribution < 1.29 is 14.2 Å². The monoisotopic (exact) mass is 285 g/mol. The Kier molecular flexibility index (Phi) is 5.45. The molecule has 4 nitrogen and oxygen atoms in total. The first-order valence-electron chi connectivity index (χ1n) is 6.44. The molecule has 1 N–H and O–H groups in total. The summed E-state index contributed by atoms with van der Waals surface area (Å²) in [5, 5.41) is 3.95. The van der Waals surface area contributed by atoms with Crippen molar-refractivity contribution in [3.8, 4) is 5.75 Å². The van der Waals surface area contributed by atoms with Crippen LogP contribution in [0.2, 0.25) is 5.02 Å². The van der Waals surface area contributed by atoms with E-state index in [-0.39, 0.29) is 12.2 Å². The average molecular weight is 286 g/mol. The maximum absolute atomic E-state index is 5.92. The Morgan fingerprint density at radius 2 is 2.00 bits per heavy atom. The normalized spacial score (nSPS) is 25.9. The Hall–Kier alpha value is -0.810. The number of rotatable bonds is 7.